The molecule has 2 aromatic rings. The van der Waals surface area contributed by atoms with Gasteiger partial charge in [0.2, 0.25) is 0 Å². The van der Waals surface area contributed by atoms with Crippen LogP contribution in [0.5, 0.6) is 0 Å². The van der Waals surface area contributed by atoms with Gasteiger partial charge in [0.05, 0.1) is 12.0 Å². The van der Waals surface area contributed by atoms with Gasteiger partial charge in [-0.15, -0.1) is 0 Å². The largest absolute Gasteiger partial charge is 0.336 e. The van der Waals surface area contributed by atoms with Crippen molar-refractivity contribution >= 4 is 0 Å². The number of aryl methyl sites for hydroxylation is 1. The molecule has 96 valence electrons. The van der Waals surface area contributed by atoms with Crippen molar-refractivity contribution in [2.24, 2.45) is 7.05 Å². The van der Waals surface area contributed by atoms with E-state index in [0.29, 0.717) is 6.04 Å². The number of imidazole rings is 1. The van der Waals surface area contributed by atoms with Crippen molar-refractivity contribution in [3.8, 4) is 0 Å². The minimum absolute atomic E-state index is 0.620. The lowest BCUT2D eigenvalue weighted by molar-refractivity contribution is 0.219. The SMILES string of the molecule is Cn1nccc1CN1CCCC1Cn1ccnc1. The maximum Gasteiger partial charge on any atom is 0.0946 e. The van der Waals surface area contributed by atoms with Gasteiger partial charge < -0.3 is 4.57 Å². The summed E-state index contributed by atoms with van der Waals surface area (Å²) >= 11 is 0. The Balaban J connectivity index is 1.66. The number of rotatable bonds is 4. The van der Waals surface area contributed by atoms with E-state index in [1.54, 1.807) is 0 Å². The summed E-state index contributed by atoms with van der Waals surface area (Å²) in [5.41, 5.74) is 1.28. The minimum Gasteiger partial charge on any atom is -0.336 e. The predicted molar refractivity (Wildman–Crippen MR) is 68.9 cm³/mol. The second kappa shape index (κ2) is 4.94. The van der Waals surface area contributed by atoms with Gasteiger partial charge in [0.1, 0.15) is 0 Å². The summed E-state index contributed by atoms with van der Waals surface area (Å²) < 4.78 is 4.14. The van der Waals surface area contributed by atoms with Crippen LogP contribution < -0.4 is 0 Å². The Labute approximate surface area is 107 Å². The molecular weight excluding hydrogens is 226 g/mol. The van der Waals surface area contributed by atoms with Crippen molar-refractivity contribution in [2.45, 2.75) is 32.0 Å². The van der Waals surface area contributed by atoms with Gasteiger partial charge in [-0.1, -0.05) is 0 Å². The number of hydrogen-bond donors (Lipinski definition) is 0. The van der Waals surface area contributed by atoms with Gasteiger partial charge in [0.25, 0.3) is 0 Å². The third kappa shape index (κ3) is 2.31. The first-order valence-electron chi connectivity index (χ1n) is 6.49. The number of likely N-dealkylation sites (tertiary alicyclic amines) is 1. The molecule has 1 aliphatic heterocycles. The molecule has 0 spiro atoms. The lowest BCUT2D eigenvalue weighted by Crippen LogP contribution is -2.32. The molecule has 2 aromatic heterocycles. The van der Waals surface area contributed by atoms with Gasteiger partial charge in [0, 0.05) is 44.8 Å². The monoisotopic (exact) mass is 245 g/mol. The summed E-state index contributed by atoms with van der Waals surface area (Å²) in [6.07, 6.45) is 10.2. The second-order valence-electron chi connectivity index (χ2n) is 4.97. The molecule has 3 rings (SSSR count). The van der Waals surface area contributed by atoms with Crippen LogP contribution in [0.15, 0.2) is 31.0 Å². The molecular formula is C13H19N5. The number of aromatic nitrogens is 4. The highest BCUT2D eigenvalue weighted by atomic mass is 15.3. The van der Waals surface area contributed by atoms with Crippen LogP contribution in [0.4, 0.5) is 0 Å². The van der Waals surface area contributed by atoms with Crippen LogP contribution in [0, 0.1) is 0 Å². The Kier molecular flexibility index (Phi) is 3.15. The van der Waals surface area contributed by atoms with E-state index in [1.165, 1.54) is 25.1 Å². The quantitative estimate of drug-likeness (QED) is 0.814. The van der Waals surface area contributed by atoms with Gasteiger partial charge in [-0.25, -0.2) is 4.98 Å². The second-order valence-corrected chi connectivity index (χ2v) is 4.97. The van der Waals surface area contributed by atoms with E-state index in [0.717, 1.165) is 13.1 Å². The fraction of sp³-hybridized carbons (Fsp3) is 0.538. The van der Waals surface area contributed by atoms with Gasteiger partial charge >= 0.3 is 0 Å². The molecule has 0 aromatic carbocycles. The maximum absolute atomic E-state index is 4.23. The van der Waals surface area contributed by atoms with Crippen LogP contribution in [-0.4, -0.2) is 36.8 Å². The Bertz CT molecular complexity index is 487. The Hall–Kier alpha value is -1.62. The zero-order chi connectivity index (χ0) is 12.4. The number of hydrogen-bond acceptors (Lipinski definition) is 3. The zero-order valence-corrected chi connectivity index (χ0v) is 10.7. The highest BCUT2D eigenvalue weighted by molar-refractivity contribution is 5.01. The van der Waals surface area contributed by atoms with E-state index < -0.39 is 0 Å². The van der Waals surface area contributed by atoms with Crippen LogP contribution in [0.2, 0.25) is 0 Å². The molecule has 0 radical (unpaired) electrons. The van der Waals surface area contributed by atoms with Gasteiger partial charge in [-0.05, 0) is 25.5 Å². The van der Waals surface area contributed by atoms with Gasteiger partial charge in [0.15, 0.2) is 0 Å². The highest BCUT2D eigenvalue weighted by Gasteiger charge is 2.25. The van der Waals surface area contributed by atoms with Crippen molar-refractivity contribution in [1.82, 2.24) is 24.2 Å². The lowest BCUT2D eigenvalue weighted by Gasteiger charge is -2.24. The normalized spacial score (nSPS) is 20.6. The average molecular weight is 245 g/mol. The highest BCUT2D eigenvalue weighted by Crippen LogP contribution is 2.21. The summed E-state index contributed by atoms with van der Waals surface area (Å²) in [6.45, 7) is 3.22. The summed E-state index contributed by atoms with van der Waals surface area (Å²) in [5, 5.41) is 4.23. The molecule has 0 bridgehead atoms. The van der Waals surface area contributed by atoms with E-state index in [9.17, 15) is 0 Å². The van der Waals surface area contributed by atoms with E-state index in [-0.39, 0.29) is 0 Å². The van der Waals surface area contributed by atoms with Crippen LogP contribution in [0.3, 0.4) is 0 Å². The first-order chi connectivity index (χ1) is 8.83. The van der Waals surface area contributed by atoms with Crippen molar-refractivity contribution < 1.29 is 0 Å². The van der Waals surface area contributed by atoms with Crippen molar-refractivity contribution in [1.29, 1.82) is 0 Å². The molecule has 0 aliphatic carbocycles. The third-order valence-corrected chi connectivity index (χ3v) is 3.77. The van der Waals surface area contributed by atoms with E-state index >= 15 is 0 Å². The molecule has 0 saturated carbocycles. The van der Waals surface area contributed by atoms with Crippen LogP contribution >= 0.6 is 0 Å². The average Bonchev–Trinajstić information content (AvgIpc) is 3.06. The summed E-state index contributed by atoms with van der Waals surface area (Å²) in [4.78, 5) is 6.66. The molecule has 1 aliphatic rings. The maximum atomic E-state index is 4.23. The van der Waals surface area contributed by atoms with E-state index in [1.807, 2.05) is 36.6 Å². The van der Waals surface area contributed by atoms with Crippen LogP contribution in [-0.2, 0) is 20.1 Å². The minimum atomic E-state index is 0.620. The van der Waals surface area contributed by atoms with Crippen molar-refractivity contribution in [3.63, 3.8) is 0 Å². The van der Waals surface area contributed by atoms with Gasteiger partial charge in [-0.3, -0.25) is 9.58 Å². The third-order valence-electron chi connectivity index (χ3n) is 3.77. The number of nitrogens with zero attached hydrogens (tertiary/aromatic N) is 5. The van der Waals surface area contributed by atoms with Crippen LogP contribution in [0.25, 0.3) is 0 Å². The molecule has 1 atom stereocenters. The molecule has 1 saturated heterocycles. The molecule has 18 heavy (non-hydrogen) atoms. The molecule has 0 N–H and O–H groups in total. The first-order valence-corrected chi connectivity index (χ1v) is 6.49. The standard InChI is InChI=1S/C13H19N5/c1-16-12(4-5-15-16)10-18-7-2-3-13(18)9-17-8-6-14-11-17/h4-6,8,11,13H,2-3,7,9-10H2,1H3. The molecule has 1 fully saturated rings. The zero-order valence-electron chi connectivity index (χ0n) is 10.7. The lowest BCUT2D eigenvalue weighted by atomic mass is 10.2. The Morgan fingerprint density at radius 3 is 3.06 bits per heavy atom. The first kappa shape index (κ1) is 11.5. The summed E-state index contributed by atoms with van der Waals surface area (Å²) in [7, 11) is 2.01. The van der Waals surface area contributed by atoms with E-state index in [2.05, 4.69) is 25.6 Å². The van der Waals surface area contributed by atoms with E-state index in [4.69, 9.17) is 0 Å². The van der Waals surface area contributed by atoms with Crippen molar-refractivity contribution in [3.05, 3.63) is 36.7 Å². The van der Waals surface area contributed by atoms with Gasteiger partial charge in [-0.2, -0.15) is 5.10 Å². The molecule has 5 nitrogen and oxygen atoms in total. The molecule has 0 amide bonds. The fourth-order valence-electron chi connectivity index (χ4n) is 2.71. The Morgan fingerprint density at radius 1 is 1.39 bits per heavy atom. The molecule has 1 unspecified atom stereocenters. The summed E-state index contributed by atoms with van der Waals surface area (Å²) in [6, 6.07) is 2.72. The predicted octanol–water partition coefficient (Wildman–Crippen LogP) is 1.28. The topological polar surface area (TPSA) is 38.9 Å². The summed E-state index contributed by atoms with van der Waals surface area (Å²) in [5.74, 6) is 0. The van der Waals surface area contributed by atoms with Crippen LogP contribution in [0.1, 0.15) is 18.5 Å². The smallest absolute Gasteiger partial charge is 0.0946 e. The van der Waals surface area contributed by atoms with Crippen molar-refractivity contribution in [2.75, 3.05) is 6.54 Å². The molecule has 3 heterocycles. The molecule has 5 heteroatoms. The Morgan fingerprint density at radius 2 is 2.33 bits per heavy atom. The fourth-order valence-corrected chi connectivity index (χ4v) is 2.71.